The van der Waals surface area contributed by atoms with Gasteiger partial charge >= 0.3 is 24.0 Å². The summed E-state index contributed by atoms with van der Waals surface area (Å²) in [6.07, 6.45) is -14.2. The Morgan fingerprint density at radius 1 is 0.909 bits per heavy atom. The van der Waals surface area contributed by atoms with Gasteiger partial charge < -0.3 is 15.3 Å². The number of likely N-dealkylation sites (tertiary alicyclic amines) is 1. The zero-order valence-electron chi connectivity index (χ0n) is 22.7. The number of fused-ring (bicyclic) bond motifs is 3. The number of nitrogens with one attached hydrogen (secondary N) is 1. The number of benzene rings is 2. The van der Waals surface area contributed by atoms with Crippen molar-refractivity contribution in [2.45, 2.75) is 71.5 Å². The second-order valence-corrected chi connectivity index (χ2v) is 13.6. The fourth-order valence-corrected chi connectivity index (χ4v) is 9.05. The number of halogens is 8. The van der Waals surface area contributed by atoms with Gasteiger partial charge in [0.1, 0.15) is 4.75 Å². The zero-order valence-corrected chi connectivity index (χ0v) is 23.5. The van der Waals surface area contributed by atoms with Crippen LogP contribution in [-0.2, 0) is 29.8 Å². The summed E-state index contributed by atoms with van der Waals surface area (Å²) in [4.78, 5) is 26.0. The van der Waals surface area contributed by atoms with Gasteiger partial charge in [0.25, 0.3) is 0 Å². The SMILES string of the molecule is O=C(C1CCC(F)(C(=O)O)CC1)N1CCC2(S(=O)(=O)c3ccccc3)c3ccc(C(F)(C(F)(F)F)C(F)(F)F)cc3NCC12. The minimum atomic E-state index is -6.39. The molecule has 2 heterocycles. The number of hydrogen-bond acceptors (Lipinski definition) is 5. The second-order valence-electron chi connectivity index (χ2n) is 11.3. The van der Waals surface area contributed by atoms with Crippen LogP contribution in [0, 0.1) is 5.92 Å². The highest BCUT2D eigenvalue weighted by molar-refractivity contribution is 7.92. The van der Waals surface area contributed by atoms with Crippen molar-refractivity contribution in [3.63, 3.8) is 0 Å². The van der Waals surface area contributed by atoms with Crippen LogP contribution in [0.15, 0.2) is 53.4 Å². The Hall–Kier alpha value is -3.43. The molecule has 16 heteroatoms. The van der Waals surface area contributed by atoms with Crippen molar-refractivity contribution >= 4 is 27.4 Å². The molecule has 2 unspecified atom stereocenters. The van der Waals surface area contributed by atoms with Gasteiger partial charge in [-0.25, -0.2) is 22.0 Å². The van der Waals surface area contributed by atoms with E-state index in [1.165, 1.54) is 35.2 Å². The molecule has 2 atom stereocenters. The number of alkyl halides is 8. The maximum absolute atomic E-state index is 14.9. The van der Waals surface area contributed by atoms with E-state index < -0.39 is 92.7 Å². The molecule has 1 saturated heterocycles. The Morgan fingerprint density at radius 2 is 1.50 bits per heavy atom. The fourth-order valence-electron chi connectivity index (χ4n) is 6.72. The lowest BCUT2D eigenvalue weighted by Crippen LogP contribution is -2.56. The summed E-state index contributed by atoms with van der Waals surface area (Å²) >= 11 is 0. The molecule has 2 fully saturated rings. The molecule has 44 heavy (non-hydrogen) atoms. The largest absolute Gasteiger partial charge is 0.479 e. The van der Waals surface area contributed by atoms with E-state index in [9.17, 15) is 58.2 Å². The lowest BCUT2D eigenvalue weighted by Gasteiger charge is -2.44. The van der Waals surface area contributed by atoms with Crippen LogP contribution in [0.25, 0.3) is 0 Å². The van der Waals surface area contributed by atoms with E-state index in [1.54, 1.807) is 0 Å². The van der Waals surface area contributed by atoms with Gasteiger partial charge in [-0.05, 0) is 55.9 Å². The van der Waals surface area contributed by atoms with Gasteiger partial charge in [0, 0.05) is 30.3 Å². The summed E-state index contributed by atoms with van der Waals surface area (Å²) in [5.74, 6) is -3.08. The van der Waals surface area contributed by atoms with Crippen molar-refractivity contribution in [1.29, 1.82) is 0 Å². The quantitative estimate of drug-likeness (QED) is 0.404. The van der Waals surface area contributed by atoms with Gasteiger partial charge in [-0.15, -0.1) is 0 Å². The molecule has 3 aliphatic rings. The van der Waals surface area contributed by atoms with Crippen LogP contribution in [0.3, 0.4) is 0 Å². The van der Waals surface area contributed by atoms with E-state index >= 15 is 0 Å². The molecule has 2 aromatic rings. The molecule has 1 aliphatic carbocycles. The minimum absolute atomic E-state index is 0.135. The zero-order chi connectivity index (χ0) is 32.5. The number of rotatable bonds is 5. The number of aliphatic carboxylic acids is 1. The molecule has 7 nitrogen and oxygen atoms in total. The fraction of sp³-hybridized carbons (Fsp3) is 0.500. The van der Waals surface area contributed by atoms with Gasteiger partial charge in [-0.2, -0.15) is 26.3 Å². The number of nitrogens with zero attached hydrogens (tertiary/aromatic N) is 1. The van der Waals surface area contributed by atoms with E-state index in [2.05, 4.69) is 5.32 Å². The van der Waals surface area contributed by atoms with Crippen LogP contribution < -0.4 is 5.32 Å². The van der Waals surface area contributed by atoms with Crippen LogP contribution in [0.4, 0.5) is 40.8 Å². The Kier molecular flexibility index (Phi) is 7.49. The van der Waals surface area contributed by atoms with Crippen LogP contribution in [0.5, 0.6) is 0 Å². The molecule has 5 rings (SSSR count). The monoisotopic (exact) mass is 654 g/mol. The van der Waals surface area contributed by atoms with E-state index in [0.717, 1.165) is 6.07 Å². The molecule has 2 aromatic carbocycles. The normalized spacial score (nSPS) is 27.7. The molecular formula is C28H26F8N2O5S. The lowest BCUT2D eigenvalue weighted by molar-refractivity contribution is -0.348. The maximum Gasteiger partial charge on any atom is 0.435 e. The Morgan fingerprint density at radius 3 is 2.05 bits per heavy atom. The van der Waals surface area contributed by atoms with Gasteiger partial charge in [-0.1, -0.05) is 30.3 Å². The molecule has 0 aromatic heterocycles. The average Bonchev–Trinajstić information content (AvgIpc) is 3.37. The van der Waals surface area contributed by atoms with Crippen LogP contribution in [-0.4, -0.2) is 67.5 Å². The Bertz CT molecular complexity index is 1560. The highest BCUT2D eigenvalue weighted by Gasteiger charge is 2.74. The summed E-state index contributed by atoms with van der Waals surface area (Å²) < 4.78 is 137. The number of carboxylic acid groups (broad SMARTS) is 1. The van der Waals surface area contributed by atoms with E-state index in [4.69, 9.17) is 0 Å². The number of carbonyl (C=O) groups is 2. The molecule has 0 radical (unpaired) electrons. The standard InChI is InChI=1S/C28H26F8N2O5S/c29-24(23(40)41)10-8-16(9-11-24)22(39)38-13-12-25(44(42,43)18-4-2-1-3-5-18)19-7-6-17(14-20(19)37-15-21(25)38)26(30,27(31,32)33)28(34,35)36/h1-7,14,16,21,37H,8-13,15H2,(H,40,41). The number of amides is 1. The number of carboxylic acids is 1. The summed E-state index contributed by atoms with van der Waals surface area (Å²) in [7, 11) is -4.52. The molecule has 0 spiro atoms. The van der Waals surface area contributed by atoms with Gasteiger partial charge in [-0.3, -0.25) is 4.79 Å². The number of hydrogen-bond donors (Lipinski definition) is 2. The molecule has 2 aliphatic heterocycles. The molecule has 1 saturated carbocycles. The van der Waals surface area contributed by atoms with Crippen LogP contribution in [0.1, 0.15) is 43.2 Å². The van der Waals surface area contributed by atoms with Crippen molar-refractivity contribution in [1.82, 2.24) is 4.90 Å². The number of sulfone groups is 1. The van der Waals surface area contributed by atoms with E-state index in [0.29, 0.717) is 6.07 Å². The van der Waals surface area contributed by atoms with E-state index in [1.807, 2.05) is 0 Å². The highest BCUT2D eigenvalue weighted by Crippen LogP contribution is 2.57. The molecule has 2 N–H and O–H groups in total. The number of anilines is 1. The first-order valence-electron chi connectivity index (χ1n) is 13.5. The Balaban J connectivity index is 1.61. The van der Waals surface area contributed by atoms with Gasteiger partial charge in [0.15, 0.2) is 9.84 Å². The first-order chi connectivity index (χ1) is 20.3. The first-order valence-corrected chi connectivity index (χ1v) is 15.0. The summed E-state index contributed by atoms with van der Waals surface area (Å²) in [6.45, 7) is -0.618. The Labute approximate surface area is 246 Å². The third kappa shape index (κ3) is 4.53. The molecule has 240 valence electrons. The van der Waals surface area contributed by atoms with Gasteiger partial charge in [0.05, 0.1) is 10.9 Å². The molecule has 1 amide bonds. The average molecular weight is 655 g/mol. The highest BCUT2D eigenvalue weighted by atomic mass is 32.2. The minimum Gasteiger partial charge on any atom is -0.479 e. The van der Waals surface area contributed by atoms with Gasteiger partial charge in [0.2, 0.25) is 11.6 Å². The second kappa shape index (κ2) is 10.3. The van der Waals surface area contributed by atoms with Crippen LogP contribution >= 0.6 is 0 Å². The van der Waals surface area contributed by atoms with Crippen molar-refractivity contribution in [3.8, 4) is 0 Å². The molecule has 0 bridgehead atoms. The lowest BCUT2D eigenvalue weighted by atomic mass is 9.79. The smallest absolute Gasteiger partial charge is 0.435 e. The third-order valence-electron chi connectivity index (χ3n) is 9.11. The van der Waals surface area contributed by atoms with Crippen molar-refractivity contribution in [2.24, 2.45) is 5.92 Å². The van der Waals surface area contributed by atoms with Crippen LogP contribution in [0.2, 0.25) is 0 Å². The predicted molar refractivity (Wildman–Crippen MR) is 139 cm³/mol. The maximum atomic E-state index is 14.9. The van der Waals surface area contributed by atoms with Crippen molar-refractivity contribution in [2.75, 3.05) is 18.4 Å². The predicted octanol–water partition coefficient (Wildman–Crippen LogP) is 5.65. The summed E-state index contributed by atoms with van der Waals surface area (Å²) in [5.41, 5.74) is -10.8. The van der Waals surface area contributed by atoms with Crippen molar-refractivity contribution < 1.29 is 58.2 Å². The third-order valence-corrected chi connectivity index (χ3v) is 11.7. The summed E-state index contributed by atoms with van der Waals surface area (Å²) in [5, 5.41) is 11.8. The van der Waals surface area contributed by atoms with Crippen molar-refractivity contribution in [3.05, 3.63) is 59.7 Å². The van der Waals surface area contributed by atoms with E-state index in [-0.39, 0.29) is 42.3 Å². The topological polar surface area (TPSA) is 104 Å². The first kappa shape index (κ1) is 32.0. The molecular weight excluding hydrogens is 628 g/mol. The summed E-state index contributed by atoms with van der Waals surface area (Å²) in [6, 6.07) is 6.94. The number of carbonyl (C=O) groups excluding carboxylic acids is 1.